The number of esters is 1. The first-order valence-corrected chi connectivity index (χ1v) is 7.18. The van der Waals surface area contributed by atoms with Gasteiger partial charge in [-0.2, -0.15) is 0 Å². The molecule has 0 fully saturated rings. The van der Waals surface area contributed by atoms with Crippen molar-refractivity contribution in [3.63, 3.8) is 0 Å². The minimum Gasteiger partial charge on any atom is -0.493 e. The maximum Gasteiger partial charge on any atom is 0.349 e. The Kier molecular flexibility index (Phi) is 5.67. The molecule has 0 aliphatic carbocycles. The van der Waals surface area contributed by atoms with E-state index >= 15 is 0 Å². The van der Waals surface area contributed by atoms with Crippen molar-refractivity contribution >= 4 is 17.4 Å². The summed E-state index contributed by atoms with van der Waals surface area (Å²) in [6.07, 6.45) is 0. The van der Waals surface area contributed by atoms with Crippen LogP contribution in [0.1, 0.15) is 17.3 Å². The molecular formula is C17H15NO7. The Balaban J connectivity index is 2.06. The third kappa shape index (κ3) is 4.54. The average molecular weight is 345 g/mol. The van der Waals surface area contributed by atoms with Crippen LogP contribution in [0.3, 0.4) is 0 Å². The number of carbonyl (C=O) groups excluding carboxylic acids is 2. The number of ether oxygens (including phenoxy) is 3. The second kappa shape index (κ2) is 7.91. The predicted molar refractivity (Wildman–Crippen MR) is 87.2 cm³/mol. The number of nitro groups is 1. The Morgan fingerprint density at radius 2 is 1.80 bits per heavy atom. The molecule has 0 heterocycles. The molecule has 0 amide bonds. The molecule has 0 unspecified atom stereocenters. The van der Waals surface area contributed by atoms with Gasteiger partial charge in [0.25, 0.3) is 0 Å². The first-order valence-electron chi connectivity index (χ1n) is 7.18. The Bertz CT molecular complexity index is 816. The Labute approximate surface area is 143 Å². The van der Waals surface area contributed by atoms with Crippen LogP contribution in [0.25, 0.3) is 0 Å². The summed E-state index contributed by atoms with van der Waals surface area (Å²) in [4.78, 5) is 33.6. The molecule has 0 atom stereocenters. The van der Waals surface area contributed by atoms with Crippen LogP contribution in [0.2, 0.25) is 0 Å². The summed E-state index contributed by atoms with van der Waals surface area (Å²) < 4.78 is 15.4. The molecule has 0 aromatic heterocycles. The van der Waals surface area contributed by atoms with Gasteiger partial charge in [-0.05, 0) is 31.2 Å². The van der Waals surface area contributed by atoms with E-state index < -0.39 is 17.5 Å². The number of rotatable bonds is 7. The summed E-state index contributed by atoms with van der Waals surface area (Å²) >= 11 is 0. The summed E-state index contributed by atoms with van der Waals surface area (Å²) in [6.45, 7) is 0.879. The van der Waals surface area contributed by atoms with E-state index in [2.05, 4.69) is 0 Å². The van der Waals surface area contributed by atoms with Crippen molar-refractivity contribution in [2.24, 2.45) is 0 Å². The average Bonchev–Trinajstić information content (AvgIpc) is 2.60. The topological polar surface area (TPSA) is 105 Å². The molecule has 0 aliphatic rings. The molecule has 0 N–H and O–H groups in total. The molecule has 25 heavy (non-hydrogen) atoms. The van der Waals surface area contributed by atoms with Gasteiger partial charge in [0.1, 0.15) is 0 Å². The van der Waals surface area contributed by atoms with Gasteiger partial charge in [0, 0.05) is 11.6 Å². The molecule has 0 aliphatic heterocycles. The fourth-order valence-electron chi connectivity index (χ4n) is 1.99. The molecule has 0 saturated heterocycles. The third-order valence-corrected chi connectivity index (χ3v) is 3.20. The number of para-hydroxylation sites is 2. The van der Waals surface area contributed by atoms with Crippen molar-refractivity contribution in [1.82, 2.24) is 0 Å². The fraction of sp³-hybridized carbons (Fsp3) is 0.176. The number of hydrogen-bond acceptors (Lipinski definition) is 7. The van der Waals surface area contributed by atoms with E-state index in [0.29, 0.717) is 5.56 Å². The summed E-state index contributed by atoms with van der Waals surface area (Å²) in [5.74, 6) is -0.637. The molecule has 130 valence electrons. The number of nitro benzene ring substituents is 1. The first-order chi connectivity index (χ1) is 11.9. The molecule has 8 heteroatoms. The van der Waals surface area contributed by atoms with Crippen molar-refractivity contribution < 1.29 is 28.7 Å². The number of Topliss-reactive ketones (excluding diaryl/α,β-unsaturated/α-hetero) is 1. The molecule has 8 nitrogen and oxygen atoms in total. The predicted octanol–water partition coefficient (Wildman–Crippen LogP) is 2.79. The van der Waals surface area contributed by atoms with Crippen LogP contribution in [0.4, 0.5) is 5.69 Å². The smallest absolute Gasteiger partial charge is 0.349 e. The highest BCUT2D eigenvalue weighted by atomic mass is 16.6. The second-order valence-corrected chi connectivity index (χ2v) is 4.91. The van der Waals surface area contributed by atoms with E-state index in [-0.39, 0.29) is 28.7 Å². The van der Waals surface area contributed by atoms with Gasteiger partial charge in [0.2, 0.25) is 0 Å². The number of ketones is 1. The maximum atomic E-state index is 11.9. The number of nitrogens with zero attached hydrogens (tertiary/aromatic N) is 1. The van der Waals surface area contributed by atoms with Gasteiger partial charge < -0.3 is 14.2 Å². The van der Waals surface area contributed by atoms with Gasteiger partial charge in [0.15, 0.2) is 29.6 Å². The van der Waals surface area contributed by atoms with Crippen molar-refractivity contribution in [3.8, 4) is 17.2 Å². The summed E-state index contributed by atoms with van der Waals surface area (Å²) in [6, 6.07) is 10.1. The van der Waals surface area contributed by atoms with E-state index in [1.807, 2.05) is 0 Å². The molecule has 2 rings (SSSR count). The van der Waals surface area contributed by atoms with Gasteiger partial charge in [-0.1, -0.05) is 12.1 Å². The van der Waals surface area contributed by atoms with Crippen molar-refractivity contribution in [2.45, 2.75) is 6.92 Å². The lowest BCUT2D eigenvalue weighted by Crippen LogP contribution is -2.18. The molecule has 0 spiro atoms. The van der Waals surface area contributed by atoms with E-state index in [1.165, 1.54) is 50.4 Å². The standard InChI is InChI=1S/C17H15NO7/c1-11(19)12-7-8-15(16(9-12)23-2)25-17(20)10-24-14-6-4-3-5-13(14)18(21)22/h3-9H,10H2,1-2H3. The van der Waals surface area contributed by atoms with E-state index in [9.17, 15) is 19.7 Å². The van der Waals surface area contributed by atoms with Crippen molar-refractivity contribution in [2.75, 3.05) is 13.7 Å². The minimum atomic E-state index is -0.771. The SMILES string of the molecule is COc1cc(C(C)=O)ccc1OC(=O)COc1ccccc1[N+](=O)[O-]. The highest BCUT2D eigenvalue weighted by molar-refractivity contribution is 5.94. The number of hydrogen-bond donors (Lipinski definition) is 0. The molecule has 0 bridgehead atoms. The van der Waals surface area contributed by atoms with Gasteiger partial charge in [-0.15, -0.1) is 0 Å². The molecule has 2 aromatic carbocycles. The normalized spacial score (nSPS) is 10.0. The number of carbonyl (C=O) groups is 2. The number of benzene rings is 2. The van der Waals surface area contributed by atoms with Crippen LogP contribution in [0.5, 0.6) is 17.2 Å². The summed E-state index contributed by atoms with van der Waals surface area (Å²) in [5.41, 5.74) is 0.159. The van der Waals surface area contributed by atoms with E-state index in [0.717, 1.165) is 0 Å². The molecule has 0 saturated carbocycles. The largest absolute Gasteiger partial charge is 0.493 e. The van der Waals surface area contributed by atoms with E-state index in [1.54, 1.807) is 6.07 Å². The van der Waals surface area contributed by atoms with Crippen LogP contribution < -0.4 is 14.2 Å². The van der Waals surface area contributed by atoms with Crippen LogP contribution in [-0.2, 0) is 4.79 Å². The number of methoxy groups -OCH3 is 1. The molecular weight excluding hydrogens is 330 g/mol. The lowest BCUT2D eigenvalue weighted by Gasteiger charge is -2.11. The van der Waals surface area contributed by atoms with Crippen LogP contribution in [0.15, 0.2) is 42.5 Å². The van der Waals surface area contributed by atoms with Crippen LogP contribution in [-0.4, -0.2) is 30.4 Å². The van der Waals surface area contributed by atoms with E-state index in [4.69, 9.17) is 14.2 Å². The second-order valence-electron chi connectivity index (χ2n) is 4.91. The highest BCUT2D eigenvalue weighted by Gasteiger charge is 2.17. The van der Waals surface area contributed by atoms with Gasteiger partial charge >= 0.3 is 11.7 Å². The van der Waals surface area contributed by atoms with Crippen molar-refractivity contribution in [3.05, 3.63) is 58.1 Å². The first kappa shape index (κ1) is 17.9. The maximum absolute atomic E-state index is 11.9. The van der Waals surface area contributed by atoms with Gasteiger partial charge in [-0.25, -0.2) is 4.79 Å². The minimum absolute atomic E-state index is 0.0386. The Hall–Kier alpha value is -3.42. The zero-order chi connectivity index (χ0) is 18.4. The lowest BCUT2D eigenvalue weighted by atomic mass is 10.1. The molecule has 0 radical (unpaired) electrons. The van der Waals surface area contributed by atoms with Crippen LogP contribution >= 0.6 is 0 Å². The summed E-state index contributed by atoms with van der Waals surface area (Å²) in [5, 5.41) is 10.9. The highest BCUT2D eigenvalue weighted by Crippen LogP contribution is 2.29. The van der Waals surface area contributed by atoms with Crippen molar-refractivity contribution in [1.29, 1.82) is 0 Å². The Morgan fingerprint density at radius 3 is 2.44 bits per heavy atom. The Morgan fingerprint density at radius 1 is 1.08 bits per heavy atom. The molecule has 2 aromatic rings. The monoisotopic (exact) mass is 345 g/mol. The quantitative estimate of drug-likeness (QED) is 0.250. The van der Waals surface area contributed by atoms with Crippen LogP contribution in [0, 0.1) is 10.1 Å². The lowest BCUT2D eigenvalue weighted by molar-refractivity contribution is -0.385. The van der Waals surface area contributed by atoms with Gasteiger partial charge in [-0.3, -0.25) is 14.9 Å². The zero-order valence-electron chi connectivity index (χ0n) is 13.6. The zero-order valence-corrected chi connectivity index (χ0v) is 13.6. The fourth-order valence-corrected chi connectivity index (χ4v) is 1.99. The van der Waals surface area contributed by atoms with Gasteiger partial charge in [0.05, 0.1) is 12.0 Å². The summed E-state index contributed by atoms with van der Waals surface area (Å²) in [7, 11) is 1.38. The third-order valence-electron chi connectivity index (χ3n) is 3.20.